The molecule has 0 saturated carbocycles. The van der Waals surface area contributed by atoms with Crippen LogP contribution in [0.3, 0.4) is 0 Å². The SMILES string of the molecule is Cc1ccc(C(=O)c2ccccc2C(=O)N2CCCN(C)CC2)cc1. The van der Waals surface area contributed by atoms with Gasteiger partial charge in [-0.3, -0.25) is 9.59 Å². The molecule has 2 aromatic rings. The van der Waals surface area contributed by atoms with Crippen LogP contribution in [0, 0.1) is 6.92 Å². The molecule has 1 saturated heterocycles. The Morgan fingerprint density at radius 1 is 0.840 bits per heavy atom. The van der Waals surface area contributed by atoms with Gasteiger partial charge in [0.25, 0.3) is 5.91 Å². The first-order chi connectivity index (χ1) is 12.1. The Morgan fingerprint density at radius 3 is 2.24 bits per heavy atom. The van der Waals surface area contributed by atoms with Gasteiger partial charge in [0, 0.05) is 30.8 Å². The monoisotopic (exact) mass is 336 g/mol. The van der Waals surface area contributed by atoms with Crippen molar-refractivity contribution in [1.82, 2.24) is 9.80 Å². The number of hydrogen-bond donors (Lipinski definition) is 0. The van der Waals surface area contributed by atoms with Gasteiger partial charge in [-0.05, 0) is 33.0 Å². The Labute approximate surface area is 149 Å². The molecule has 0 bridgehead atoms. The van der Waals surface area contributed by atoms with Crippen LogP contribution in [0.4, 0.5) is 0 Å². The third kappa shape index (κ3) is 3.97. The zero-order valence-corrected chi connectivity index (χ0v) is 14.9. The highest BCUT2D eigenvalue weighted by Crippen LogP contribution is 2.18. The molecule has 130 valence electrons. The van der Waals surface area contributed by atoms with Crippen molar-refractivity contribution in [2.45, 2.75) is 13.3 Å². The van der Waals surface area contributed by atoms with Gasteiger partial charge in [-0.2, -0.15) is 0 Å². The van der Waals surface area contributed by atoms with Crippen molar-refractivity contribution in [3.63, 3.8) is 0 Å². The number of hydrogen-bond acceptors (Lipinski definition) is 3. The molecule has 3 rings (SSSR count). The molecule has 4 heteroatoms. The summed E-state index contributed by atoms with van der Waals surface area (Å²) < 4.78 is 0. The van der Waals surface area contributed by atoms with Gasteiger partial charge in [-0.25, -0.2) is 0 Å². The van der Waals surface area contributed by atoms with E-state index in [-0.39, 0.29) is 11.7 Å². The molecule has 4 nitrogen and oxygen atoms in total. The average molecular weight is 336 g/mol. The van der Waals surface area contributed by atoms with Gasteiger partial charge in [0.1, 0.15) is 0 Å². The largest absolute Gasteiger partial charge is 0.337 e. The molecule has 1 aliphatic heterocycles. The Balaban J connectivity index is 1.88. The number of aryl methyl sites for hydroxylation is 1. The zero-order chi connectivity index (χ0) is 17.8. The molecule has 1 aliphatic rings. The van der Waals surface area contributed by atoms with Crippen molar-refractivity contribution in [2.75, 3.05) is 33.2 Å². The molecular weight excluding hydrogens is 312 g/mol. The highest BCUT2D eigenvalue weighted by atomic mass is 16.2. The number of carbonyl (C=O) groups is 2. The molecule has 0 unspecified atom stereocenters. The number of ketones is 1. The molecule has 0 atom stereocenters. The third-order valence-corrected chi connectivity index (χ3v) is 4.72. The summed E-state index contributed by atoms with van der Waals surface area (Å²) in [6.07, 6.45) is 0.955. The van der Waals surface area contributed by atoms with Gasteiger partial charge < -0.3 is 9.80 Å². The fourth-order valence-corrected chi connectivity index (χ4v) is 3.15. The van der Waals surface area contributed by atoms with E-state index in [0.717, 1.165) is 31.6 Å². The minimum absolute atomic E-state index is 0.0497. The summed E-state index contributed by atoms with van der Waals surface area (Å²) in [5.74, 6) is -0.151. The van der Waals surface area contributed by atoms with Crippen LogP contribution < -0.4 is 0 Å². The smallest absolute Gasteiger partial charge is 0.254 e. The van der Waals surface area contributed by atoms with Gasteiger partial charge in [0.05, 0.1) is 5.56 Å². The minimum Gasteiger partial charge on any atom is -0.337 e. The Morgan fingerprint density at radius 2 is 1.52 bits per heavy atom. The topological polar surface area (TPSA) is 40.6 Å². The van der Waals surface area contributed by atoms with E-state index in [2.05, 4.69) is 11.9 Å². The second-order valence-electron chi connectivity index (χ2n) is 6.69. The Bertz CT molecular complexity index is 768. The van der Waals surface area contributed by atoms with Crippen LogP contribution in [-0.2, 0) is 0 Å². The molecule has 2 aromatic carbocycles. The lowest BCUT2D eigenvalue weighted by atomic mass is 9.97. The first kappa shape index (κ1) is 17.4. The lowest BCUT2D eigenvalue weighted by molar-refractivity contribution is 0.0758. The van der Waals surface area contributed by atoms with E-state index in [1.165, 1.54) is 0 Å². The van der Waals surface area contributed by atoms with Crippen LogP contribution in [0.5, 0.6) is 0 Å². The quantitative estimate of drug-likeness (QED) is 0.809. The van der Waals surface area contributed by atoms with E-state index in [1.54, 1.807) is 12.1 Å². The highest BCUT2D eigenvalue weighted by Gasteiger charge is 2.23. The molecule has 25 heavy (non-hydrogen) atoms. The maximum Gasteiger partial charge on any atom is 0.254 e. The summed E-state index contributed by atoms with van der Waals surface area (Å²) in [7, 11) is 2.07. The van der Waals surface area contributed by atoms with Crippen molar-refractivity contribution >= 4 is 11.7 Å². The molecule has 0 N–H and O–H groups in total. The molecule has 1 amide bonds. The van der Waals surface area contributed by atoms with E-state index in [9.17, 15) is 9.59 Å². The second kappa shape index (κ2) is 7.62. The predicted molar refractivity (Wildman–Crippen MR) is 99.1 cm³/mol. The maximum absolute atomic E-state index is 13.0. The number of amides is 1. The van der Waals surface area contributed by atoms with Crippen molar-refractivity contribution in [2.24, 2.45) is 0 Å². The van der Waals surface area contributed by atoms with Crippen LogP contribution in [0.25, 0.3) is 0 Å². The minimum atomic E-state index is -0.101. The van der Waals surface area contributed by atoms with Crippen LogP contribution in [0.2, 0.25) is 0 Å². The fraction of sp³-hybridized carbons (Fsp3) is 0.333. The van der Waals surface area contributed by atoms with E-state index in [4.69, 9.17) is 0 Å². The summed E-state index contributed by atoms with van der Waals surface area (Å²) in [6.45, 7) is 5.27. The van der Waals surface area contributed by atoms with Gasteiger partial charge in [-0.1, -0.05) is 48.0 Å². The molecule has 0 radical (unpaired) electrons. The molecule has 0 aliphatic carbocycles. The normalized spacial score (nSPS) is 15.7. The first-order valence-corrected chi connectivity index (χ1v) is 8.74. The van der Waals surface area contributed by atoms with Gasteiger partial charge >= 0.3 is 0 Å². The predicted octanol–water partition coefficient (Wildman–Crippen LogP) is 3.00. The van der Waals surface area contributed by atoms with Crippen molar-refractivity contribution < 1.29 is 9.59 Å². The maximum atomic E-state index is 13.0. The van der Waals surface area contributed by atoms with Gasteiger partial charge in [0.15, 0.2) is 5.78 Å². The Hall–Kier alpha value is -2.46. The van der Waals surface area contributed by atoms with Crippen LogP contribution in [-0.4, -0.2) is 54.7 Å². The van der Waals surface area contributed by atoms with E-state index in [1.807, 2.05) is 48.2 Å². The Kier molecular flexibility index (Phi) is 5.29. The number of likely N-dealkylation sites (N-methyl/N-ethyl adjacent to an activating group) is 1. The van der Waals surface area contributed by atoms with E-state index < -0.39 is 0 Å². The number of nitrogens with zero attached hydrogens (tertiary/aromatic N) is 2. The summed E-state index contributed by atoms with van der Waals surface area (Å²) in [5.41, 5.74) is 2.70. The van der Waals surface area contributed by atoms with E-state index in [0.29, 0.717) is 23.2 Å². The van der Waals surface area contributed by atoms with Gasteiger partial charge in [0.2, 0.25) is 0 Å². The van der Waals surface area contributed by atoms with Crippen LogP contribution in [0.15, 0.2) is 48.5 Å². The fourth-order valence-electron chi connectivity index (χ4n) is 3.15. The summed E-state index contributed by atoms with van der Waals surface area (Å²) in [4.78, 5) is 30.0. The number of carbonyl (C=O) groups excluding carboxylic acids is 2. The van der Waals surface area contributed by atoms with Gasteiger partial charge in [-0.15, -0.1) is 0 Å². The van der Waals surface area contributed by atoms with Crippen molar-refractivity contribution in [3.05, 3.63) is 70.8 Å². The zero-order valence-electron chi connectivity index (χ0n) is 14.9. The molecule has 0 spiro atoms. The molecule has 1 heterocycles. The summed E-state index contributed by atoms with van der Waals surface area (Å²) in [5, 5.41) is 0. The number of benzene rings is 2. The van der Waals surface area contributed by atoms with Crippen LogP contribution >= 0.6 is 0 Å². The van der Waals surface area contributed by atoms with Crippen LogP contribution in [0.1, 0.15) is 38.3 Å². The molecular formula is C21H24N2O2. The average Bonchev–Trinajstić information content (AvgIpc) is 2.86. The lowest BCUT2D eigenvalue weighted by Gasteiger charge is -2.21. The third-order valence-electron chi connectivity index (χ3n) is 4.72. The van der Waals surface area contributed by atoms with Crippen molar-refractivity contribution in [3.8, 4) is 0 Å². The molecule has 0 aromatic heterocycles. The number of rotatable bonds is 3. The molecule has 1 fully saturated rings. The highest BCUT2D eigenvalue weighted by molar-refractivity contribution is 6.15. The first-order valence-electron chi connectivity index (χ1n) is 8.74. The summed E-state index contributed by atoms with van der Waals surface area (Å²) in [6, 6.07) is 14.6. The second-order valence-corrected chi connectivity index (χ2v) is 6.69. The lowest BCUT2D eigenvalue weighted by Crippen LogP contribution is -2.35. The van der Waals surface area contributed by atoms with Crippen molar-refractivity contribution in [1.29, 1.82) is 0 Å². The standard InChI is InChI=1S/C21H24N2O2/c1-16-8-10-17(11-9-16)20(24)18-6-3-4-7-19(18)21(25)23-13-5-12-22(2)14-15-23/h3-4,6-11H,5,12-15H2,1-2H3. The summed E-state index contributed by atoms with van der Waals surface area (Å²) >= 11 is 0. The van der Waals surface area contributed by atoms with E-state index >= 15 is 0 Å².